The van der Waals surface area contributed by atoms with E-state index in [1.807, 2.05) is 24.3 Å². The second-order valence-electron chi connectivity index (χ2n) is 6.95. The normalized spacial score (nSPS) is 13.1. The highest BCUT2D eigenvalue weighted by Gasteiger charge is 2.24. The molecule has 0 atom stereocenters. The maximum Gasteiger partial charge on any atom is 0.159 e. The predicted molar refractivity (Wildman–Crippen MR) is 116 cm³/mol. The van der Waals surface area contributed by atoms with E-state index in [0.717, 1.165) is 53.4 Å². The summed E-state index contributed by atoms with van der Waals surface area (Å²) < 4.78 is 17.6. The van der Waals surface area contributed by atoms with Gasteiger partial charge in [-0.05, 0) is 43.4 Å². The molecule has 1 aliphatic heterocycles. The number of nitrogens with zero attached hydrogens (tertiary/aromatic N) is 5. The van der Waals surface area contributed by atoms with Crippen molar-refractivity contribution in [2.24, 2.45) is 4.99 Å². The summed E-state index contributed by atoms with van der Waals surface area (Å²) in [5.41, 5.74) is 2.93. The molecule has 0 N–H and O–H groups in total. The molecule has 7 heteroatoms. The van der Waals surface area contributed by atoms with E-state index in [1.54, 1.807) is 12.1 Å². The van der Waals surface area contributed by atoms with E-state index in [-0.39, 0.29) is 5.82 Å². The maximum atomic E-state index is 14.6. The molecule has 0 saturated heterocycles. The highest BCUT2D eigenvalue weighted by atomic mass is 79.9. The number of likely N-dealkylation sites (N-methyl/N-ethyl adjacent to an activating group) is 1. The van der Waals surface area contributed by atoms with Gasteiger partial charge in [-0.1, -0.05) is 41.9 Å². The third kappa shape index (κ3) is 3.89. The van der Waals surface area contributed by atoms with E-state index in [1.165, 1.54) is 6.07 Å². The van der Waals surface area contributed by atoms with Gasteiger partial charge in [0, 0.05) is 28.6 Å². The number of fused-ring (bicyclic) bond motifs is 3. The lowest BCUT2D eigenvalue weighted by molar-refractivity contribution is 0.305. The lowest BCUT2D eigenvalue weighted by Crippen LogP contribution is -2.26. The molecule has 3 aromatic rings. The first-order valence-electron chi connectivity index (χ1n) is 9.87. The largest absolute Gasteiger partial charge is 0.303 e. The number of aromatic nitrogens is 3. The van der Waals surface area contributed by atoms with Crippen molar-refractivity contribution in [1.82, 2.24) is 19.7 Å². The van der Waals surface area contributed by atoms with Crippen molar-refractivity contribution in [2.45, 2.75) is 26.8 Å². The van der Waals surface area contributed by atoms with Crippen LogP contribution in [0.5, 0.6) is 0 Å². The molecule has 4 rings (SSSR count). The van der Waals surface area contributed by atoms with Crippen LogP contribution >= 0.6 is 15.9 Å². The lowest BCUT2D eigenvalue weighted by Gasteiger charge is -2.18. The standard InChI is InChI=1S/C22H23BrFN5/c1-3-28(4-2)12-11-20-26-27-21-14-25-22(16-7-5-6-8-18(16)24)17-13-15(23)9-10-19(17)29(20)21/h5-10,13H,3-4,11-12,14H2,1-2H3. The molecule has 2 aromatic carbocycles. The highest BCUT2D eigenvalue weighted by Crippen LogP contribution is 2.29. The Kier molecular flexibility index (Phi) is 5.87. The van der Waals surface area contributed by atoms with E-state index in [4.69, 9.17) is 4.99 Å². The van der Waals surface area contributed by atoms with Crippen LogP contribution in [-0.4, -0.2) is 45.0 Å². The molecule has 0 spiro atoms. The van der Waals surface area contributed by atoms with Crippen LogP contribution in [0.2, 0.25) is 0 Å². The number of halogens is 2. The molecule has 1 aromatic heterocycles. The molecule has 0 amide bonds. The van der Waals surface area contributed by atoms with Crippen LogP contribution in [0.25, 0.3) is 5.69 Å². The molecule has 0 unspecified atom stereocenters. The molecular weight excluding hydrogens is 433 g/mol. The van der Waals surface area contributed by atoms with Crippen molar-refractivity contribution in [3.63, 3.8) is 0 Å². The van der Waals surface area contributed by atoms with Gasteiger partial charge in [0.1, 0.15) is 18.2 Å². The Bertz CT molecular complexity index is 1060. The Hall–Kier alpha value is -2.38. The van der Waals surface area contributed by atoms with Crippen LogP contribution in [0.1, 0.15) is 36.6 Å². The summed E-state index contributed by atoms with van der Waals surface area (Å²) in [7, 11) is 0. The number of rotatable bonds is 6. The van der Waals surface area contributed by atoms with Crippen molar-refractivity contribution in [3.8, 4) is 5.69 Å². The molecule has 2 heterocycles. The molecule has 0 fully saturated rings. The van der Waals surface area contributed by atoms with Gasteiger partial charge in [0.25, 0.3) is 0 Å². The topological polar surface area (TPSA) is 46.3 Å². The zero-order valence-electron chi connectivity index (χ0n) is 16.6. The fourth-order valence-electron chi connectivity index (χ4n) is 3.71. The molecule has 0 aliphatic carbocycles. The quantitative estimate of drug-likeness (QED) is 0.553. The van der Waals surface area contributed by atoms with Gasteiger partial charge in [-0.25, -0.2) is 4.39 Å². The van der Waals surface area contributed by atoms with Crippen molar-refractivity contribution >= 4 is 21.6 Å². The monoisotopic (exact) mass is 455 g/mol. The molecule has 0 saturated carbocycles. The van der Waals surface area contributed by atoms with Crippen molar-refractivity contribution < 1.29 is 4.39 Å². The summed E-state index contributed by atoms with van der Waals surface area (Å²) in [6, 6.07) is 12.8. The van der Waals surface area contributed by atoms with Crippen molar-refractivity contribution in [3.05, 3.63) is 75.5 Å². The van der Waals surface area contributed by atoms with Crippen molar-refractivity contribution in [2.75, 3.05) is 19.6 Å². The van der Waals surface area contributed by atoms with Gasteiger partial charge in [0.15, 0.2) is 5.82 Å². The summed E-state index contributed by atoms with van der Waals surface area (Å²) in [5.74, 6) is 1.39. The average Bonchev–Trinajstić information content (AvgIpc) is 3.05. The van der Waals surface area contributed by atoms with Crippen LogP contribution in [0.15, 0.2) is 51.9 Å². The van der Waals surface area contributed by atoms with Gasteiger partial charge in [0.05, 0.1) is 11.4 Å². The highest BCUT2D eigenvalue weighted by molar-refractivity contribution is 9.10. The number of aliphatic imine (C=N–C) groups is 1. The molecular formula is C22H23BrFN5. The summed E-state index contributed by atoms with van der Waals surface area (Å²) in [6.45, 7) is 7.60. The van der Waals surface area contributed by atoms with Gasteiger partial charge in [-0.3, -0.25) is 9.56 Å². The molecule has 0 radical (unpaired) electrons. The lowest BCUT2D eigenvalue weighted by atomic mass is 10.00. The van der Waals surface area contributed by atoms with E-state index in [0.29, 0.717) is 17.8 Å². The van der Waals surface area contributed by atoms with Gasteiger partial charge >= 0.3 is 0 Å². The first-order chi connectivity index (χ1) is 14.1. The molecule has 150 valence electrons. The molecule has 1 aliphatic rings. The van der Waals surface area contributed by atoms with Crippen molar-refractivity contribution in [1.29, 1.82) is 0 Å². The Morgan fingerprint density at radius 3 is 2.62 bits per heavy atom. The maximum absolute atomic E-state index is 14.6. The third-order valence-corrected chi connectivity index (χ3v) is 5.80. The van der Waals surface area contributed by atoms with Gasteiger partial charge in [-0.2, -0.15) is 0 Å². The number of hydrogen-bond acceptors (Lipinski definition) is 4. The minimum absolute atomic E-state index is 0.281. The first kappa shape index (κ1) is 19.9. The van der Waals surface area contributed by atoms with E-state index in [2.05, 4.69) is 49.4 Å². The summed E-state index contributed by atoms with van der Waals surface area (Å²) in [6.07, 6.45) is 0.791. The predicted octanol–water partition coefficient (Wildman–Crippen LogP) is 4.40. The number of benzene rings is 2. The van der Waals surface area contributed by atoms with Crippen LogP contribution in [0.3, 0.4) is 0 Å². The van der Waals surface area contributed by atoms with E-state index < -0.39 is 0 Å². The zero-order chi connectivity index (χ0) is 20.4. The van der Waals surface area contributed by atoms with Crippen LogP contribution in [-0.2, 0) is 13.0 Å². The Morgan fingerprint density at radius 1 is 1.07 bits per heavy atom. The van der Waals surface area contributed by atoms with Crippen LogP contribution in [0, 0.1) is 5.82 Å². The van der Waals surface area contributed by atoms with Crippen LogP contribution < -0.4 is 0 Å². The second kappa shape index (κ2) is 8.55. The fraction of sp³-hybridized carbons (Fsp3) is 0.318. The Labute approximate surface area is 178 Å². The average molecular weight is 456 g/mol. The summed E-state index contributed by atoms with van der Waals surface area (Å²) in [5, 5.41) is 8.85. The second-order valence-corrected chi connectivity index (χ2v) is 7.87. The SMILES string of the molecule is CCN(CC)CCc1nnc2n1-c1ccc(Br)cc1C(c1ccccc1F)=NC2. The summed E-state index contributed by atoms with van der Waals surface area (Å²) >= 11 is 3.56. The zero-order valence-corrected chi connectivity index (χ0v) is 18.2. The summed E-state index contributed by atoms with van der Waals surface area (Å²) in [4.78, 5) is 7.10. The number of hydrogen-bond donors (Lipinski definition) is 0. The smallest absolute Gasteiger partial charge is 0.159 e. The van der Waals surface area contributed by atoms with E-state index in [9.17, 15) is 4.39 Å². The fourth-order valence-corrected chi connectivity index (χ4v) is 4.07. The molecule has 29 heavy (non-hydrogen) atoms. The molecule has 0 bridgehead atoms. The third-order valence-electron chi connectivity index (χ3n) is 5.31. The molecule has 5 nitrogen and oxygen atoms in total. The van der Waals surface area contributed by atoms with Gasteiger partial charge < -0.3 is 4.90 Å². The van der Waals surface area contributed by atoms with Crippen LogP contribution in [0.4, 0.5) is 4.39 Å². The van der Waals surface area contributed by atoms with Gasteiger partial charge in [-0.15, -0.1) is 10.2 Å². The Balaban J connectivity index is 1.81. The minimum atomic E-state index is -0.281. The van der Waals surface area contributed by atoms with E-state index >= 15 is 0 Å². The minimum Gasteiger partial charge on any atom is -0.303 e. The first-order valence-corrected chi connectivity index (χ1v) is 10.7. The Morgan fingerprint density at radius 2 is 1.86 bits per heavy atom. The van der Waals surface area contributed by atoms with Gasteiger partial charge in [0.2, 0.25) is 0 Å².